The Hall–Kier alpha value is -1.06. The average molecular weight is 560 g/mol. The van der Waals surface area contributed by atoms with E-state index in [0.29, 0.717) is 8.88 Å². The van der Waals surface area contributed by atoms with Crippen LogP contribution < -0.4 is 14.3 Å². The lowest BCUT2D eigenvalue weighted by atomic mass is 9.75. The summed E-state index contributed by atoms with van der Waals surface area (Å²) in [4.78, 5) is 0. The van der Waals surface area contributed by atoms with E-state index >= 15 is 0 Å². The summed E-state index contributed by atoms with van der Waals surface area (Å²) in [6.45, 7) is 31.5. The minimum atomic E-state index is -0.663. The van der Waals surface area contributed by atoms with Crippen LogP contribution in [-0.2, 0) is 5.41 Å². The summed E-state index contributed by atoms with van der Waals surface area (Å²) in [7, 11) is 0.0187. The summed E-state index contributed by atoms with van der Waals surface area (Å²) in [5.41, 5.74) is 3.81. The van der Waals surface area contributed by atoms with Crippen LogP contribution in [0.2, 0.25) is 0 Å². The van der Waals surface area contributed by atoms with Crippen molar-refractivity contribution in [2.75, 3.05) is 52.4 Å². The van der Waals surface area contributed by atoms with Crippen molar-refractivity contribution < 1.29 is 4.74 Å². The smallest absolute Gasteiger partial charge is 0.192 e. The minimum absolute atomic E-state index is 0.141. The Bertz CT molecular complexity index is 1030. The molecule has 5 nitrogen and oxygen atoms in total. The molecule has 7 heteroatoms. The molecule has 2 aromatic rings. The summed E-state index contributed by atoms with van der Waals surface area (Å²) >= 11 is 0. The van der Waals surface area contributed by atoms with Gasteiger partial charge in [0.05, 0.1) is 21.3 Å². The molecular formula is C31H53N4OP2+. The molecule has 3 rings (SSSR count). The van der Waals surface area contributed by atoms with Crippen LogP contribution >= 0.6 is 17.1 Å². The van der Waals surface area contributed by atoms with Gasteiger partial charge in [-0.05, 0) is 19.9 Å². The van der Waals surface area contributed by atoms with Crippen molar-refractivity contribution in [1.29, 1.82) is 0 Å². The number of hydrogen-bond donors (Lipinski definition) is 0. The molecular weight excluding hydrogens is 506 g/mol. The summed E-state index contributed by atoms with van der Waals surface area (Å²) in [6.07, 6.45) is 0. The van der Waals surface area contributed by atoms with E-state index in [4.69, 9.17) is 4.74 Å². The van der Waals surface area contributed by atoms with E-state index in [-0.39, 0.29) is 5.41 Å². The Morgan fingerprint density at radius 2 is 1.21 bits per heavy atom. The minimum Gasteiger partial charge on any atom is -0.450 e. The number of quaternary nitrogens is 1. The van der Waals surface area contributed by atoms with Gasteiger partial charge in [-0.2, -0.15) is 0 Å². The molecule has 1 heterocycles. The second-order valence-corrected chi connectivity index (χ2v) is 14.4. The maximum Gasteiger partial charge on any atom is 0.192 e. The third-order valence-electron chi connectivity index (χ3n) is 8.39. The zero-order chi connectivity index (χ0) is 28.1. The highest BCUT2D eigenvalue weighted by molar-refractivity contribution is 7.61. The van der Waals surface area contributed by atoms with Gasteiger partial charge < -0.3 is 4.74 Å². The van der Waals surface area contributed by atoms with Gasteiger partial charge in [0.1, 0.15) is 5.75 Å². The fourth-order valence-corrected chi connectivity index (χ4v) is 9.85. The number of para-hydroxylation sites is 2. The molecule has 0 saturated carbocycles. The van der Waals surface area contributed by atoms with Gasteiger partial charge in [-0.25, -0.2) is 4.67 Å². The largest absolute Gasteiger partial charge is 0.450 e. The Balaban J connectivity index is 2.28. The molecule has 1 unspecified atom stereocenters. The molecule has 0 amide bonds. The molecule has 0 saturated heterocycles. The molecule has 38 heavy (non-hydrogen) atoms. The van der Waals surface area contributed by atoms with Crippen LogP contribution in [0, 0.1) is 0 Å². The first-order valence-electron chi connectivity index (χ1n) is 14.9. The van der Waals surface area contributed by atoms with E-state index in [1.807, 2.05) is 0 Å². The fourth-order valence-electron chi connectivity index (χ4n) is 5.85. The number of benzene rings is 2. The second kappa shape index (κ2) is 13.5. The molecule has 0 bridgehead atoms. The van der Waals surface area contributed by atoms with Crippen molar-refractivity contribution in [2.24, 2.45) is 0 Å². The SMILES string of the molecule is CCN(CC)P[N+](CC)(CC)c1cccc2c1Oc1c(P(N(CC)CC)N(CC)CC)cccc1C2(C)C. The maximum atomic E-state index is 7.23. The van der Waals surface area contributed by atoms with Crippen LogP contribution in [0.25, 0.3) is 0 Å². The molecule has 1 aliphatic rings. The van der Waals surface area contributed by atoms with Crippen molar-refractivity contribution in [3.63, 3.8) is 0 Å². The summed E-state index contributed by atoms with van der Waals surface area (Å²) in [6, 6.07) is 13.8. The zero-order valence-electron chi connectivity index (χ0n) is 25.8. The van der Waals surface area contributed by atoms with E-state index in [2.05, 4.69) is 120 Å². The Kier molecular flexibility index (Phi) is 11.2. The molecule has 0 fully saturated rings. The highest BCUT2D eigenvalue weighted by Crippen LogP contribution is 2.57. The molecule has 1 atom stereocenters. The molecule has 0 spiro atoms. The Morgan fingerprint density at radius 3 is 1.68 bits per heavy atom. The van der Waals surface area contributed by atoms with Crippen LogP contribution in [-0.4, -0.2) is 66.4 Å². The molecule has 212 valence electrons. The van der Waals surface area contributed by atoms with Crippen molar-refractivity contribution >= 4 is 28.1 Å². The third-order valence-corrected chi connectivity index (χ3v) is 13.5. The van der Waals surface area contributed by atoms with Gasteiger partial charge in [0.25, 0.3) is 0 Å². The van der Waals surface area contributed by atoms with Gasteiger partial charge in [-0.3, -0.25) is 13.6 Å². The van der Waals surface area contributed by atoms with Gasteiger partial charge in [-0.1, -0.05) is 79.7 Å². The zero-order valence-corrected chi connectivity index (χ0v) is 27.7. The van der Waals surface area contributed by atoms with Crippen LogP contribution in [0.1, 0.15) is 80.4 Å². The molecule has 0 aromatic heterocycles. The van der Waals surface area contributed by atoms with Gasteiger partial charge in [0.15, 0.2) is 20.3 Å². The lowest BCUT2D eigenvalue weighted by Gasteiger charge is -2.44. The van der Waals surface area contributed by atoms with E-state index in [0.717, 1.165) is 68.1 Å². The summed E-state index contributed by atoms with van der Waals surface area (Å²) < 4.78 is 16.0. The monoisotopic (exact) mass is 559 g/mol. The Labute approximate surface area is 236 Å². The van der Waals surface area contributed by atoms with Gasteiger partial charge in [0.2, 0.25) is 0 Å². The first kappa shape index (κ1) is 31.5. The first-order chi connectivity index (χ1) is 18.2. The molecule has 0 N–H and O–H groups in total. The van der Waals surface area contributed by atoms with Crippen LogP contribution in [0.4, 0.5) is 5.69 Å². The summed E-state index contributed by atoms with van der Waals surface area (Å²) in [5, 5.41) is 1.36. The summed E-state index contributed by atoms with van der Waals surface area (Å²) in [5.74, 6) is 2.19. The normalized spacial score (nSPS) is 15.1. The molecule has 2 aromatic carbocycles. The number of hydrogen-bond acceptors (Lipinski definition) is 4. The topological polar surface area (TPSA) is 19.0 Å². The predicted molar refractivity (Wildman–Crippen MR) is 172 cm³/mol. The third kappa shape index (κ3) is 5.71. The molecule has 0 radical (unpaired) electrons. The van der Waals surface area contributed by atoms with E-state index in [9.17, 15) is 0 Å². The van der Waals surface area contributed by atoms with Crippen LogP contribution in [0.3, 0.4) is 0 Å². The van der Waals surface area contributed by atoms with Gasteiger partial charge >= 0.3 is 0 Å². The fraction of sp³-hybridized carbons (Fsp3) is 0.613. The number of rotatable bonds is 14. The highest BCUT2D eigenvalue weighted by Gasteiger charge is 2.43. The van der Waals surface area contributed by atoms with Gasteiger partial charge in [-0.15, -0.1) is 0 Å². The van der Waals surface area contributed by atoms with E-state index in [1.165, 1.54) is 22.1 Å². The quantitative estimate of drug-likeness (QED) is 0.219. The average Bonchev–Trinajstić information content (AvgIpc) is 2.94. The van der Waals surface area contributed by atoms with Crippen molar-refractivity contribution in [2.45, 2.75) is 74.7 Å². The molecule has 0 aliphatic carbocycles. The van der Waals surface area contributed by atoms with Crippen molar-refractivity contribution in [3.8, 4) is 11.5 Å². The number of fused-ring (bicyclic) bond motifs is 2. The first-order valence-corrected chi connectivity index (χ1v) is 17.0. The number of ether oxygens (including phenoxy) is 1. The second-order valence-electron chi connectivity index (χ2n) is 10.5. The van der Waals surface area contributed by atoms with E-state index in [1.54, 1.807) is 0 Å². The predicted octanol–water partition coefficient (Wildman–Crippen LogP) is 7.94. The standard InChI is InChI=1S/C31H53N4OP2/c1-11-32(12-2)37-35(17-7,18-8)27-23-19-21-25-29(27)36-30-26(31(25,9)10)22-20-24-28(30)38(33(13-3)14-4)34(15-5)16-6/h19-24,37H,11-18H2,1-10H3/q+1. The molecule has 1 aliphatic heterocycles. The van der Waals surface area contributed by atoms with Crippen LogP contribution in [0.15, 0.2) is 36.4 Å². The van der Waals surface area contributed by atoms with Gasteiger partial charge in [0, 0.05) is 67.2 Å². The Morgan fingerprint density at radius 1 is 0.711 bits per heavy atom. The van der Waals surface area contributed by atoms with E-state index < -0.39 is 8.22 Å². The maximum absolute atomic E-state index is 7.23. The number of nitrogens with zero attached hydrogens (tertiary/aromatic N) is 4. The van der Waals surface area contributed by atoms with Crippen molar-refractivity contribution in [3.05, 3.63) is 47.5 Å². The lowest BCUT2D eigenvalue weighted by molar-refractivity contribution is 0.388. The lowest BCUT2D eigenvalue weighted by Crippen LogP contribution is -2.44. The highest BCUT2D eigenvalue weighted by atomic mass is 31.1. The van der Waals surface area contributed by atoms with Crippen molar-refractivity contribution in [1.82, 2.24) is 18.3 Å². The van der Waals surface area contributed by atoms with Crippen LogP contribution in [0.5, 0.6) is 11.5 Å².